The number of carbonyl (C=O) groups excluding carboxylic acids is 1. The summed E-state index contributed by atoms with van der Waals surface area (Å²) < 4.78 is 5.27. The summed E-state index contributed by atoms with van der Waals surface area (Å²) in [5.74, 6) is 2.19. The van der Waals surface area contributed by atoms with Crippen molar-refractivity contribution in [2.45, 2.75) is 6.04 Å². The Hall–Kier alpha value is -2.18. The number of carbonyl (C=O) groups is 1. The highest BCUT2D eigenvalue weighted by Gasteiger charge is 2.24. The van der Waals surface area contributed by atoms with Crippen molar-refractivity contribution in [1.29, 1.82) is 0 Å². The molecular formula is C19H21N3O2S. The number of rotatable bonds is 5. The van der Waals surface area contributed by atoms with E-state index in [9.17, 15) is 4.79 Å². The molecule has 1 amide bonds. The first-order valence-corrected chi connectivity index (χ1v) is 9.66. The van der Waals surface area contributed by atoms with Gasteiger partial charge in [0.25, 0.3) is 5.91 Å². The first-order chi connectivity index (χ1) is 12.3. The van der Waals surface area contributed by atoms with Gasteiger partial charge in [0.15, 0.2) is 0 Å². The fourth-order valence-electron chi connectivity index (χ4n) is 3.29. The van der Waals surface area contributed by atoms with Crippen LogP contribution in [0.1, 0.15) is 22.1 Å². The van der Waals surface area contributed by atoms with Gasteiger partial charge in [-0.05, 0) is 18.2 Å². The zero-order valence-corrected chi connectivity index (χ0v) is 14.7. The Balaban J connectivity index is 1.47. The molecule has 0 bridgehead atoms. The van der Waals surface area contributed by atoms with Gasteiger partial charge in [0, 0.05) is 47.6 Å². The Morgan fingerprint density at radius 1 is 1.28 bits per heavy atom. The van der Waals surface area contributed by atoms with Crippen molar-refractivity contribution in [2.24, 2.45) is 0 Å². The molecule has 1 aliphatic heterocycles. The number of hydrogen-bond donors (Lipinski definition) is 2. The third kappa shape index (κ3) is 3.60. The normalized spacial score (nSPS) is 16.8. The molecule has 2 aromatic heterocycles. The third-order valence-electron chi connectivity index (χ3n) is 4.64. The van der Waals surface area contributed by atoms with Crippen LogP contribution in [0.2, 0.25) is 0 Å². The smallest absolute Gasteiger partial charge is 0.267 e. The van der Waals surface area contributed by atoms with Gasteiger partial charge in [-0.2, -0.15) is 11.8 Å². The zero-order chi connectivity index (χ0) is 17.1. The molecule has 0 aliphatic carbocycles. The van der Waals surface area contributed by atoms with Crippen molar-refractivity contribution in [3.05, 3.63) is 60.2 Å². The molecule has 5 nitrogen and oxygen atoms in total. The van der Waals surface area contributed by atoms with E-state index in [1.807, 2.05) is 48.2 Å². The minimum absolute atomic E-state index is 0.0731. The maximum absolute atomic E-state index is 12.6. The summed E-state index contributed by atoms with van der Waals surface area (Å²) in [7, 11) is 0. The Morgan fingerprint density at radius 3 is 2.88 bits per heavy atom. The summed E-state index contributed by atoms with van der Waals surface area (Å²) in [6.07, 6.45) is 3.47. The Bertz CT molecular complexity index is 804. The SMILES string of the molecule is O=C(NC[C@@H](c1ccoc1)N1CCSCC1)c1cc2ccccc2[nH]1. The fourth-order valence-corrected chi connectivity index (χ4v) is 4.22. The molecule has 0 radical (unpaired) electrons. The number of para-hydroxylation sites is 1. The van der Waals surface area contributed by atoms with Gasteiger partial charge in [-0.15, -0.1) is 0 Å². The highest BCUT2D eigenvalue weighted by atomic mass is 32.2. The molecule has 1 atom stereocenters. The second kappa shape index (κ2) is 7.37. The molecule has 1 saturated heterocycles. The number of furan rings is 1. The number of thioether (sulfide) groups is 1. The van der Waals surface area contributed by atoms with Gasteiger partial charge in [-0.3, -0.25) is 9.69 Å². The lowest BCUT2D eigenvalue weighted by atomic mass is 10.1. The van der Waals surface area contributed by atoms with Crippen LogP contribution in [-0.4, -0.2) is 46.9 Å². The van der Waals surface area contributed by atoms with Gasteiger partial charge in [0.2, 0.25) is 0 Å². The van der Waals surface area contributed by atoms with Crippen LogP contribution in [-0.2, 0) is 0 Å². The van der Waals surface area contributed by atoms with E-state index < -0.39 is 0 Å². The van der Waals surface area contributed by atoms with E-state index in [2.05, 4.69) is 15.2 Å². The lowest BCUT2D eigenvalue weighted by Gasteiger charge is -2.33. The van der Waals surface area contributed by atoms with E-state index in [0.717, 1.165) is 41.1 Å². The molecule has 130 valence electrons. The van der Waals surface area contributed by atoms with E-state index >= 15 is 0 Å². The highest BCUT2D eigenvalue weighted by molar-refractivity contribution is 7.99. The molecule has 2 N–H and O–H groups in total. The van der Waals surface area contributed by atoms with E-state index in [0.29, 0.717) is 12.2 Å². The predicted octanol–water partition coefficient (Wildman–Crippen LogP) is 3.28. The maximum atomic E-state index is 12.6. The van der Waals surface area contributed by atoms with Crippen molar-refractivity contribution >= 4 is 28.6 Å². The van der Waals surface area contributed by atoms with Crippen molar-refractivity contribution in [2.75, 3.05) is 31.1 Å². The standard InChI is InChI=1S/C19H21N3O2S/c23-19(17-11-14-3-1-2-4-16(14)21-17)20-12-18(15-5-8-24-13-15)22-6-9-25-10-7-22/h1-5,8,11,13,18,21H,6-7,9-10,12H2,(H,20,23)/t18-/m0/s1. The average molecular weight is 355 g/mol. The second-order valence-corrected chi connectivity index (χ2v) is 7.43. The van der Waals surface area contributed by atoms with Crippen molar-refractivity contribution in [3.63, 3.8) is 0 Å². The molecule has 25 heavy (non-hydrogen) atoms. The first kappa shape index (κ1) is 16.3. The molecule has 0 unspecified atom stereocenters. The fraction of sp³-hybridized carbons (Fsp3) is 0.316. The molecule has 3 heterocycles. The summed E-state index contributed by atoms with van der Waals surface area (Å²) >= 11 is 1.98. The number of benzene rings is 1. The number of fused-ring (bicyclic) bond motifs is 1. The molecule has 6 heteroatoms. The van der Waals surface area contributed by atoms with Gasteiger partial charge >= 0.3 is 0 Å². The van der Waals surface area contributed by atoms with Crippen LogP contribution >= 0.6 is 11.8 Å². The predicted molar refractivity (Wildman–Crippen MR) is 101 cm³/mol. The van der Waals surface area contributed by atoms with Crippen LogP contribution in [0.15, 0.2) is 53.3 Å². The number of nitrogens with zero attached hydrogens (tertiary/aromatic N) is 1. The van der Waals surface area contributed by atoms with Crippen LogP contribution in [0.4, 0.5) is 0 Å². The summed E-state index contributed by atoms with van der Waals surface area (Å²) in [6.45, 7) is 2.63. The van der Waals surface area contributed by atoms with E-state index in [-0.39, 0.29) is 11.9 Å². The van der Waals surface area contributed by atoms with E-state index in [1.54, 1.807) is 12.5 Å². The summed E-state index contributed by atoms with van der Waals surface area (Å²) in [5.41, 5.74) is 2.69. The minimum Gasteiger partial charge on any atom is -0.472 e. The Labute approximate surface area is 150 Å². The van der Waals surface area contributed by atoms with Crippen LogP contribution in [0, 0.1) is 0 Å². The molecule has 3 aromatic rings. The summed E-state index contributed by atoms with van der Waals surface area (Å²) in [5, 5.41) is 4.13. The molecule has 1 aliphatic rings. The number of hydrogen-bond acceptors (Lipinski definition) is 4. The summed E-state index contributed by atoms with van der Waals surface area (Å²) in [6, 6.07) is 11.9. The van der Waals surface area contributed by atoms with Gasteiger partial charge < -0.3 is 14.7 Å². The van der Waals surface area contributed by atoms with Crippen LogP contribution in [0.3, 0.4) is 0 Å². The second-order valence-electron chi connectivity index (χ2n) is 6.20. The number of aromatic nitrogens is 1. The zero-order valence-electron chi connectivity index (χ0n) is 13.9. The highest BCUT2D eigenvalue weighted by Crippen LogP contribution is 2.24. The number of aromatic amines is 1. The monoisotopic (exact) mass is 355 g/mol. The average Bonchev–Trinajstić information content (AvgIpc) is 3.32. The largest absolute Gasteiger partial charge is 0.472 e. The minimum atomic E-state index is -0.0731. The molecule has 1 fully saturated rings. The van der Waals surface area contributed by atoms with Gasteiger partial charge in [0.05, 0.1) is 18.6 Å². The lowest BCUT2D eigenvalue weighted by molar-refractivity contribution is 0.0930. The Kier molecular flexibility index (Phi) is 4.81. The lowest BCUT2D eigenvalue weighted by Crippen LogP contribution is -2.42. The van der Waals surface area contributed by atoms with Gasteiger partial charge in [-0.25, -0.2) is 0 Å². The number of amides is 1. The molecule has 4 rings (SSSR count). The molecule has 0 spiro atoms. The topological polar surface area (TPSA) is 61.3 Å². The van der Waals surface area contributed by atoms with Crippen LogP contribution in [0.5, 0.6) is 0 Å². The third-order valence-corrected chi connectivity index (χ3v) is 5.59. The maximum Gasteiger partial charge on any atom is 0.267 e. The van der Waals surface area contributed by atoms with Gasteiger partial charge in [-0.1, -0.05) is 18.2 Å². The van der Waals surface area contributed by atoms with Crippen LogP contribution in [0.25, 0.3) is 10.9 Å². The van der Waals surface area contributed by atoms with Gasteiger partial charge in [0.1, 0.15) is 5.69 Å². The number of nitrogens with one attached hydrogen (secondary N) is 2. The Morgan fingerprint density at radius 2 is 2.12 bits per heavy atom. The quantitative estimate of drug-likeness (QED) is 0.737. The number of H-pyrrole nitrogens is 1. The molecule has 1 aromatic carbocycles. The van der Waals surface area contributed by atoms with Crippen LogP contribution < -0.4 is 5.32 Å². The first-order valence-electron chi connectivity index (χ1n) is 8.51. The van der Waals surface area contributed by atoms with Crippen molar-refractivity contribution in [1.82, 2.24) is 15.2 Å². The van der Waals surface area contributed by atoms with E-state index in [4.69, 9.17) is 4.42 Å². The van der Waals surface area contributed by atoms with Crippen molar-refractivity contribution in [3.8, 4) is 0 Å². The van der Waals surface area contributed by atoms with E-state index in [1.165, 1.54) is 0 Å². The molecule has 0 saturated carbocycles. The summed E-state index contributed by atoms with van der Waals surface area (Å²) in [4.78, 5) is 18.2. The van der Waals surface area contributed by atoms with Crippen molar-refractivity contribution < 1.29 is 9.21 Å². The molecular weight excluding hydrogens is 334 g/mol.